The van der Waals surface area contributed by atoms with E-state index in [4.69, 9.17) is 0 Å². The average Bonchev–Trinajstić information content (AvgIpc) is 2.34. The number of hydrogen-bond donors (Lipinski definition) is 1. The first-order chi connectivity index (χ1) is 8.13. The van der Waals surface area contributed by atoms with Crippen molar-refractivity contribution in [3.05, 3.63) is 26.7 Å². The predicted octanol–water partition coefficient (Wildman–Crippen LogP) is -0.246. The molecule has 0 saturated heterocycles. The molecule has 0 atom stereocenters. The van der Waals surface area contributed by atoms with E-state index in [1.165, 1.54) is 7.05 Å². The molecule has 0 fully saturated rings. The fourth-order valence-electron chi connectivity index (χ4n) is 1.47. The fourth-order valence-corrected chi connectivity index (χ4v) is 1.47. The molecule has 0 spiro atoms. The van der Waals surface area contributed by atoms with Crippen molar-refractivity contribution in [1.82, 2.24) is 24.7 Å². The lowest BCUT2D eigenvalue weighted by Gasteiger charge is -2.01. The molecule has 2 heterocycles. The number of H-pyrrole nitrogens is 1. The van der Waals surface area contributed by atoms with Crippen LogP contribution in [0.5, 0.6) is 0 Å². The number of unbranched alkanes of at least 4 members (excludes halogenated alkanes) is 1. The topological polar surface area (TPSA) is 93.5 Å². The molecule has 2 aromatic heterocycles. The van der Waals surface area contributed by atoms with Crippen LogP contribution in [0.1, 0.15) is 25.6 Å². The van der Waals surface area contributed by atoms with Crippen LogP contribution in [0.4, 0.5) is 0 Å². The summed E-state index contributed by atoms with van der Waals surface area (Å²) in [6.45, 7) is 2.06. The van der Waals surface area contributed by atoms with Gasteiger partial charge in [0.15, 0.2) is 17.0 Å². The Balaban J connectivity index is 2.61. The number of aromatic nitrogens is 5. The molecule has 0 unspecified atom stereocenters. The van der Waals surface area contributed by atoms with Crippen LogP contribution in [0.25, 0.3) is 11.2 Å². The van der Waals surface area contributed by atoms with Gasteiger partial charge in [0.2, 0.25) is 0 Å². The predicted molar refractivity (Wildman–Crippen MR) is 61.8 cm³/mol. The van der Waals surface area contributed by atoms with Crippen molar-refractivity contribution < 1.29 is 0 Å². The number of fused-ring (bicyclic) bond motifs is 1. The maximum absolute atomic E-state index is 11.8. The number of hydrogen-bond acceptors (Lipinski definition) is 5. The van der Waals surface area contributed by atoms with Gasteiger partial charge >= 0.3 is 5.69 Å². The highest BCUT2D eigenvalue weighted by molar-refractivity contribution is 5.66. The zero-order valence-corrected chi connectivity index (χ0v) is 9.73. The largest absolute Gasteiger partial charge is 0.329 e. The third-order valence-electron chi connectivity index (χ3n) is 2.52. The van der Waals surface area contributed by atoms with E-state index in [9.17, 15) is 9.59 Å². The molecule has 0 bridgehead atoms. The monoisotopic (exact) mass is 235 g/mol. The summed E-state index contributed by atoms with van der Waals surface area (Å²) in [4.78, 5) is 29.7. The van der Waals surface area contributed by atoms with Gasteiger partial charge in [0.25, 0.3) is 5.56 Å². The Kier molecular flexibility index (Phi) is 2.99. The second-order valence-corrected chi connectivity index (χ2v) is 3.82. The molecule has 0 radical (unpaired) electrons. The number of aromatic amines is 1. The molecular weight excluding hydrogens is 222 g/mol. The Morgan fingerprint density at radius 2 is 2.06 bits per heavy atom. The maximum atomic E-state index is 11.8. The van der Waals surface area contributed by atoms with E-state index < -0.39 is 11.2 Å². The van der Waals surface area contributed by atoms with E-state index in [0.29, 0.717) is 12.2 Å². The van der Waals surface area contributed by atoms with Crippen molar-refractivity contribution in [3.8, 4) is 0 Å². The summed E-state index contributed by atoms with van der Waals surface area (Å²) in [6.07, 6.45) is 2.64. The molecule has 0 saturated carbocycles. The standard InChI is InChI=1S/C10H13N5O2/c1-3-4-5-6-11-7-8(14-13-6)12-10(17)15(2)9(7)16/h3-5H2,1-2H3,(H,12,14,17). The molecule has 2 rings (SSSR count). The van der Waals surface area contributed by atoms with Gasteiger partial charge < -0.3 is 0 Å². The lowest BCUT2D eigenvalue weighted by atomic mass is 10.2. The Morgan fingerprint density at radius 3 is 2.76 bits per heavy atom. The van der Waals surface area contributed by atoms with Gasteiger partial charge in [-0.2, -0.15) is 0 Å². The zero-order valence-electron chi connectivity index (χ0n) is 9.73. The van der Waals surface area contributed by atoms with E-state index >= 15 is 0 Å². The third kappa shape index (κ3) is 2.08. The summed E-state index contributed by atoms with van der Waals surface area (Å²) >= 11 is 0. The van der Waals surface area contributed by atoms with Crippen LogP contribution < -0.4 is 11.2 Å². The number of nitrogens with zero attached hydrogens (tertiary/aromatic N) is 4. The quantitative estimate of drug-likeness (QED) is 0.792. The Labute approximate surface area is 96.5 Å². The minimum absolute atomic E-state index is 0.137. The van der Waals surface area contributed by atoms with E-state index in [2.05, 4.69) is 27.1 Å². The number of nitrogens with one attached hydrogen (secondary N) is 1. The van der Waals surface area contributed by atoms with Crippen molar-refractivity contribution in [2.45, 2.75) is 26.2 Å². The van der Waals surface area contributed by atoms with Crippen LogP contribution in [-0.4, -0.2) is 24.7 Å². The summed E-state index contributed by atoms with van der Waals surface area (Å²) in [7, 11) is 1.40. The van der Waals surface area contributed by atoms with Gasteiger partial charge in [0.1, 0.15) is 0 Å². The molecule has 0 aromatic carbocycles. The molecule has 17 heavy (non-hydrogen) atoms. The highest BCUT2D eigenvalue weighted by atomic mass is 16.2. The summed E-state index contributed by atoms with van der Waals surface area (Å²) in [5.74, 6) is 0.531. The van der Waals surface area contributed by atoms with Gasteiger partial charge in [0, 0.05) is 13.5 Å². The number of rotatable bonds is 3. The smallest absolute Gasteiger partial charge is 0.288 e. The molecule has 7 heteroatoms. The Morgan fingerprint density at radius 1 is 1.29 bits per heavy atom. The lowest BCUT2D eigenvalue weighted by molar-refractivity contribution is 0.726. The first kappa shape index (κ1) is 11.4. The van der Waals surface area contributed by atoms with Gasteiger partial charge in [-0.05, 0) is 6.42 Å². The van der Waals surface area contributed by atoms with Crippen LogP contribution in [0.15, 0.2) is 9.59 Å². The first-order valence-electron chi connectivity index (χ1n) is 5.46. The molecule has 0 aliphatic rings. The van der Waals surface area contributed by atoms with Crippen LogP contribution in [0.2, 0.25) is 0 Å². The van der Waals surface area contributed by atoms with Gasteiger partial charge in [0.05, 0.1) is 0 Å². The molecule has 2 aromatic rings. The Bertz CT molecular complexity index is 658. The minimum Gasteiger partial charge on any atom is -0.288 e. The van der Waals surface area contributed by atoms with Crippen LogP contribution in [0.3, 0.4) is 0 Å². The van der Waals surface area contributed by atoms with Crippen LogP contribution in [-0.2, 0) is 13.5 Å². The second kappa shape index (κ2) is 4.44. The highest BCUT2D eigenvalue weighted by Gasteiger charge is 2.08. The number of aryl methyl sites for hydroxylation is 1. The summed E-state index contributed by atoms with van der Waals surface area (Å²) in [5.41, 5.74) is -0.664. The van der Waals surface area contributed by atoms with E-state index in [1.807, 2.05) is 0 Å². The van der Waals surface area contributed by atoms with Crippen molar-refractivity contribution in [2.75, 3.05) is 0 Å². The van der Waals surface area contributed by atoms with E-state index in [0.717, 1.165) is 17.4 Å². The molecule has 0 aliphatic heterocycles. The van der Waals surface area contributed by atoms with Gasteiger partial charge in [-0.3, -0.25) is 14.3 Å². The molecule has 7 nitrogen and oxygen atoms in total. The van der Waals surface area contributed by atoms with Gasteiger partial charge in [-0.25, -0.2) is 9.78 Å². The third-order valence-corrected chi connectivity index (χ3v) is 2.52. The summed E-state index contributed by atoms with van der Waals surface area (Å²) < 4.78 is 0.973. The first-order valence-corrected chi connectivity index (χ1v) is 5.46. The molecule has 90 valence electrons. The van der Waals surface area contributed by atoms with Crippen molar-refractivity contribution >= 4 is 11.2 Å². The fraction of sp³-hybridized carbons (Fsp3) is 0.500. The zero-order chi connectivity index (χ0) is 12.4. The maximum Gasteiger partial charge on any atom is 0.329 e. The summed E-state index contributed by atoms with van der Waals surface area (Å²) in [5, 5.41) is 7.69. The lowest BCUT2D eigenvalue weighted by Crippen LogP contribution is -2.33. The highest BCUT2D eigenvalue weighted by Crippen LogP contribution is 2.00. The molecule has 1 N–H and O–H groups in total. The van der Waals surface area contributed by atoms with Gasteiger partial charge in [-0.15, -0.1) is 10.2 Å². The average molecular weight is 235 g/mol. The van der Waals surface area contributed by atoms with Crippen molar-refractivity contribution in [1.29, 1.82) is 0 Å². The van der Waals surface area contributed by atoms with Crippen LogP contribution >= 0.6 is 0 Å². The van der Waals surface area contributed by atoms with E-state index in [1.54, 1.807) is 0 Å². The van der Waals surface area contributed by atoms with Crippen molar-refractivity contribution in [2.24, 2.45) is 7.05 Å². The summed E-state index contributed by atoms with van der Waals surface area (Å²) in [6, 6.07) is 0. The molecule has 0 aliphatic carbocycles. The van der Waals surface area contributed by atoms with Crippen molar-refractivity contribution in [3.63, 3.8) is 0 Å². The molecule has 0 amide bonds. The normalized spacial score (nSPS) is 10.9. The molecular formula is C10H13N5O2. The minimum atomic E-state index is -0.514. The van der Waals surface area contributed by atoms with Gasteiger partial charge in [-0.1, -0.05) is 13.3 Å². The van der Waals surface area contributed by atoms with Crippen LogP contribution in [0, 0.1) is 0 Å². The SMILES string of the molecule is CCCCc1nnc2[nH]c(=O)n(C)c(=O)c2n1. The Hall–Kier alpha value is -2.05. The second-order valence-electron chi connectivity index (χ2n) is 3.82. The van der Waals surface area contributed by atoms with E-state index in [-0.39, 0.29) is 11.2 Å².